The first-order valence-electron chi connectivity index (χ1n) is 31.2. The smallest absolute Gasteiger partial charge is 0.246 e. The van der Waals surface area contributed by atoms with Crippen LogP contribution in [0.1, 0.15) is 156 Å². The number of aliphatic hydroxyl groups is 1. The predicted molar refractivity (Wildman–Crippen MR) is 341 cm³/mol. The predicted octanol–water partition coefficient (Wildman–Crippen LogP) is 3.57. The summed E-state index contributed by atoms with van der Waals surface area (Å²) in [6.45, 7) is 29.8. The Morgan fingerprint density at radius 2 is 0.816 bits per heavy atom. The summed E-state index contributed by atoms with van der Waals surface area (Å²) in [7, 11) is 9.90. The van der Waals surface area contributed by atoms with Gasteiger partial charge in [-0.3, -0.25) is 52.7 Å². The lowest BCUT2D eigenvalue weighted by atomic mass is 9.91. The van der Waals surface area contributed by atoms with E-state index in [2.05, 4.69) is 33.9 Å². The fraction of sp³-hybridized carbons (Fsp3) is 0.794. The summed E-state index contributed by atoms with van der Waals surface area (Å²) in [5, 5.41) is 23.2. The zero-order valence-corrected chi connectivity index (χ0v) is 58.0. The molecule has 1 aliphatic heterocycles. The average molecular weight is 1250 g/mol. The number of hydrogen-bond donors (Lipinski definition) is 6. The first-order chi connectivity index (χ1) is 40.2. The minimum atomic E-state index is -1.63. The van der Waals surface area contributed by atoms with E-state index in [0.29, 0.717) is 6.42 Å². The monoisotopic (exact) mass is 1250 g/mol. The zero-order valence-electron chi connectivity index (χ0n) is 57.1. The number of nitrogens with zero attached hydrogens (tertiary/aromatic N) is 7. The van der Waals surface area contributed by atoms with Crippen molar-refractivity contribution < 1.29 is 57.8 Å². The lowest BCUT2D eigenvalue weighted by molar-refractivity contribution is -0.157. The second-order valence-corrected chi connectivity index (χ2v) is 26.9. The van der Waals surface area contributed by atoms with E-state index >= 15 is 9.59 Å². The van der Waals surface area contributed by atoms with E-state index in [9.17, 15) is 48.3 Å². The number of nitrogens with one attached hydrogen (secondary N) is 4. The number of aliphatic hydroxyl groups excluding tert-OH is 1. The van der Waals surface area contributed by atoms with E-state index in [1.54, 1.807) is 60.6 Å². The van der Waals surface area contributed by atoms with Gasteiger partial charge in [0, 0.05) is 55.1 Å². The standard InChI is InChI=1S/C63H113N11O12S/c1-25-27-28-40(15)52(75)51-56(79)66-43(26-2)58(81)72(22)48(33-87)61(84)68(18)45(30-35(5)6)55(78)67-49(38(11)12)62(85)69(19)44(29-34(3)4)54(77)64-41(16)53(76)65-42(17)57(80)70(20)46(31-36(7)8)59(82)71(21)47(32-37(9)10)60(83)73(23)50(39(13)14)63(86)74(51)24/h25,27,34-52,75,87H,26,28-33H2,1-24H3,(H,64,77)(H,65,76)(H,66,79)(H,67,78)/b27-25+/t40-,41-,42+,43-,44-,45+,46-,47-,48-,49-,50-,51-,52-/m1/s1. The van der Waals surface area contributed by atoms with Gasteiger partial charge in [-0.05, 0) is 101 Å². The average Bonchev–Trinajstić information content (AvgIpc) is 1.23. The molecule has 0 unspecified atom stereocenters. The summed E-state index contributed by atoms with van der Waals surface area (Å²) in [5.74, 6) is -10.2. The molecule has 87 heavy (non-hydrogen) atoms. The largest absolute Gasteiger partial charge is 0.390 e. The van der Waals surface area contributed by atoms with Crippen LogP contribution in [0.5, 0.6) is 0 Å². The van der Waals surface area contributed by atoms with Gasteiger partial charge in [-0.15, -0.1) is 0 Å². The van der Waals surface area contributed by atoms with Gasteiger partial charge in [-0.1, -0.05) is 109 Å². The second-order valence-electron chi connectivity index (χ2n) is 26.5. The fourth-order valence-corrected chi connectivity index (χ4v) is 11.4. The lowest BCUT2D eigenvalue weighted by Crippen LogP contribution is -2.64. The highest BCUT2D eigenvalue weighted by Gasteiger charge is 2.46. The third kappa shape index (κ3) is 21.8. The van der Waals surface area contributed by atoms with Crippen LogP contribution in [0.3, 0.4) is 0 Å². The summed E-state index contributed by atoms with van der Waals surface area (Å²) in [6, 6.07) is -13.8. The number of amides is 11. The Morgan fingerprint density at radius 1 is 0.437 bits per heavy atom. The Hall–Kier alpha value is -5.78. The molecule has 0 bridgehead atoms. The maximum absolute atomic E-state index is 15.2. The molecule has 13 atom stereocenters. The molecule has 1 saturated heterocycles. The minimum absolute atomic E-state index is 0.00561. The van der Waals surface area contributed by atoms with E-state index < -0.39 is 155 Å². The maximum Gasteiger partial charge on any atom is 0.246 e. The van der Waals surface area contributed by atoms with Crippen LogP contribution in [-0.2, 0) is 52.7 Å². The second kappa shape index (κ2) is 36.0. The van der Waals surface area contributed by atoms with Gasteiger partial charge in [0.15, 0.2) is 0 Å². The van der Waals surface area contributed by atoms with Crippen LogP contribution in [0.15, 0.2) is 12.2 Å². The van der Waals surface area contributed by atoms with Crippen LogP contribution >= 0.6 is 12.6 Å². The number of allylic oxidation sites excluding steroid dienone is 2. The number of hydrogen-bond acceptors (Lipinski definition) is 13. The molecule has 1 heterocycles. The molecule has 0 spiro atoms. The third-order valence-corrected chi connectivity index (χ3v) is 16.9. The molecular formula is C63H113N11O12S. The molecule has 498 valence electrons. The number of carbonyl (C=O) groups excluding carboxylic acids is 11. The van der Waals surface area contributed by atoms with Crippen molar-refractivity contribution in [1.29, 1.82) is 0 Å². The SMILES string of the molecule is C/C=C/C[C@@H](C)[C@@H](O)[C@@H]1C(=O)N[C@H](CC)C(=O)N(C)[C@H](CS)C(=O)N(C)[C@@H](CC(C)C)C(=O)N[C@H](C(C)C)C(=O)N(C)[C@H](CC(C)C)C(=O)N[C@H](C)C(=O)N[C@@H](C)C(=O)N(C)[C@H](CC(C)C)C(=O)N(C)[C@H](CC(C)C)C(=O)N(C)[C@H](C(C)C)C(=O)N1C. The van der Waals surface area contributed by atoms with Crippen LogP contribution in [-0.4, -0.2) is 232 Å². The van der Waals surface area contributed by atoms with E-state index in [1.807, 2.05) is 55.4 Å². The molecule has 1 aliphatic rings. The number of thiol groups is 1. The van der Waals surface area contributed by atoms with E-state index in [4.69, 9.17) is 0 Å². The molecule has 5 N–H and O–H groups in total. The Kier molecular flexibility index (Phi) is 32.8. The van der Waals surface area contributed by atoms with Crippen molar-refractivity contribution in [3.8, 4) is 0 Å². The Morgan fingerprint density at radius 3 is 1.24 bits per heavy atom. The van der Waals surface area contributed by atoms with Gasteiger partial charge in [0.25, 0.3) is 0 Å². The summed E-state index contributed by atoms with van der Waals surface area (Å²) in [6.07, 6.45) is 2.93. The zero-order chi connectivity index (χ0) is 67.6. The molecule has 0 aliphatic carbocycles. The van der Waals surface area contributed by atoms with E-state index in [1.165, 1.54) is 87.7 Å². The minimum Gasteiger partial charge on any atom is -0.390 e. The van der Waals surface area contributed by atoms with Gasteiger partial charge < -0.3 is 60.7 Å². The molecular weight excluding hydrogens is 1130 g/mol. The highest BCUT2D eigenvalue weighted by atomic mass is 32.1. The molecule has 1 fully saturated rings. The highest BCUT2D eigenvalue weighted by Crippen LogP contribution is 2.26. The van der Waals surface area contributed by atoms with Gasteiger partial charge in [0.05, 0.1) is 6.10 Å². The Balaban J connectivity index is 4.41. The molecule has 0 radical (unpaired) electrons. The number of rotatable bonds is 16. The van der Waals surface area contributed by atoms with Gasteiger partial charge in [0.1, 0.15) is 66.5 Å². The molecule has 24 heteroatoms. The molecule has 0 saturated carbocycles. The number of carbonyl (C=O) groups is 11. The molecule has 0 aromatic heterocycles. The third-order valence-electron chi connectivity index (χ3n) is 16.6. The molecule has 23 nitrogen and oxygen atoms in total. The fourth-order valence-electron chi connectivity index (χ4n) is 11.0. The van der Waals surface area contributed by atoms with E-state index in [0.717, 1.165) is 9.80 Å². The Labute approximate surface area is 526 Å². The van der Waals surface area contributed by atoms with Crippen molar-refractivity contribution in [2.45, 2.75) is 229 Å². The van der Waals surface area contributed by atoms with Gasteiger partial charge in [-0.25, -0.2) is 0 Å². The van der Waals surface area contributed by atoms with Crippen molar-refractivity contribution in [2.75, 3.05) is 55.1 Å². The highest BCUT2D eigenvalue weighted by molar-refractivity contribution is 7.80. The van der Waals surface area contributed by atoms with Gasteiger partial charge in [-0.2, -0.15) is 12.6 Å². The van der Waals surface area contributed by atoms with Crippen molar-refractivity contribution in [2.24, 2.45) is 41.4 Å². The van der Waals surface area contributed by atoms with Crippen molar-refractivity contribution in [1.82, 2.24) is 55.6 Å². The van der Waals surface area contributed by atoms with Crippen LogP contribution < -0.4 is 21.3 Å². The summed E-state index contributed by atoms with van der Waals surface area (Å²) in [5.41, 5.74) is 0. The van der Waals surface area contributed by atoms with Crippen LogP contribution in [0, 0.1) is 41.4 Å². The molecule has 11 amide bonds. The topological polar surface area (TPSA) is 279 Å². The number of likely N-dealkylation sites (N-methyl/N-ethyl adjacent to an activating group) is 7. The van der Waals surface area contributed by atoms with E-state index in [-0.39, 0.29) is 61.5 Å². The maximum atomic E-state index is 15.2. The summed E-state index contributed by atoms with van der Waals surface area (Å²) >= 11 is 4.50. The van der Waals surface area contributed by atoms with Crippen LogP contribution in [0.25, 0.3) is 0 Å². The normalized spacial score (nSPS) is 27.4. The summed E-state index contributed by atoms with van der Waals surface area (Å²) in [4.78, 5) is 170. The summed E-state index contributed by atoms with van der Waals surface area (Å²) < 4.78 is 0. The van der Waals surface area contributed by atoms with Gasteiger partial charge in [0.2, 0.25) is 65.0 Å². The van der Waals surface area contributed by atoms with Crippen molar-refractivity contribution in [3.05, 3.63) is 12.2 Å². The van der Waals surface area contributed by atoms with Gasteiger partial charge >= 0.3 is 0 Å². The first kappa shape index (κ1) is 79.2. The lowest BCUT2D eigenvalue weighted by Gasteiger charge is -2.41. The molecule has 1 rings (SSSR count). The van der Waals surface area contributed by atoms with Crippen LogP contribution in [0.4, 0.5) is 0 Å². The van der Waals surface area contributed by atoms with Crippen molar-refractivity contribution >= 4 is 77.6 Å². The van der Waals surface area contributed by atoms with Crippen molar-refractivity contribution in [3.63, 3.8) is 0 Å². The van der Waals surface area contributed by atoms with Crippen LogP contribution in [0.2, 0.25) is 0 Å². The molecule has 0 aromatic rings. The quantitative estimate of drug-likeness (QED) is 0.0957. The Bertz CT molecular complexity index is 2390. The molecule has 0 aromatic carbocycles. The first-order valence-corrected chi connectivity index (χ1v) is 31.8.